The van der Waals surface area contributed by atoms with E-state index in [0.29, 0.717) is 5.56 Å². The average molecular weight is 332 g/mol. The van der Waals surface area contributed by atoms with Crippen LogP contribution in [0.25, 0.3) is 5.82 Å². The predicted octanol–water partition coefficient (Wildman–Crippen LogP) is 1.26. The second kappa shape index (κ2) is 6.57. The SMILES string of the molecule is N#Cc1cccnc1N1CCN(c2cc(-n3cccn3)ncn2)CC1. The Kier molecular flexibility index (Phi) is 3.96. The van der Waals surface area contributed by atoms with Crippen molar-refractivity contribution in [1.82, 2.24) is 24.7 Å². The van der Waals surface area contributed by atoms with Gasteiger partial charge in [0.15, 0.2) is 5.82 Å². The number of piperazine rings is 1. The maximum Gasteiger partial charge on any atom is 0.158 e. The van der Waals surface area contributed by atoms with Crippen LogP contribution in [-0.2, 0) is 0 Å². The summed E-state index contributed by atoms with van der Waals surface area (Å²) < 4.78 is 1.72. The summed E-state index contributed by atoms with van der Waals surface area (Å²) in [4.78, 5) is 17.4. The van der Waals surface area contributed by atoms with E-state index in [1.807, 2.05) is 18.3 Å². The Balaban J connectivity index is 1.49. The summed E-state index contributed by atoms with van der Waals surface area (Å²) in [5, 5.41) is 13.5. The molecular weight excluding hydrogens is 316 g/mol. The molecule has 0 amide bonds. The second-order valence-corrected chi connectivity index (χ2v) is 5.65. The lowest BCUT2D eigenvalue weighted by atomic mass is 10.2. The molecule has 124 valence electrons. The van der Waals surface area contributed by atoms with Crippen molar-refractivity contribution >= 4 is 11.6 Å². The maximum absolute atomic E-state index is 9.25. The molecule has 0 aliphatic carbocycles. The van der Waals surface area contributed by atoms with E-state index in [4.69, 9.17) is 0 Å². The summed E-state index contributed by atoms with van der Waals surface area (Å²) in [5.74, 6) is 2.38. The molecule has 0 unspecified atom stereocenters. The van der Waals surface area contributed by atoms with Crippen molar-refractivity contribution in [3.8, 4) is 11.9 Å². The summed E-state index contributed by atoms with van der Waals surface area (Å²) in [5.41, 5.74) is 0.610. The zero-order chi connectivity index (χ0) is 17.1. The van der Waals surface area contributed by atoms with Gasteiger partial charge in [-0.15, -0.1) is 0 Å². The first kappa shape index (κ1) is 15.1. The Labute approximate surface area is 145 Å². The second-order valence-electron chi connectivity index (χ2n) is 5.65. The Morgan fingerprint density at radius 3 is 2.48 bits per heavy atom. The monoisotopic (exact) mass is 332 g/mol. The molecule has 0 atom stereocenters. The van der Waals surface area contributed by atoms with E-state index in [0.717, 1.165) is 43.6 Å². The molecule has 25 heavy (non-hydrogen) atoms. The standard InChI is InChI=1S/C17H16N8/c18-12-14-3-1-4-19-17(14)24-9-7-23(8-10-24)15-11-16(21-13-20-15)25-6-2-5-22-25/h1-6,11,13H,7-10H2. The smallest absolute Gasteiger partial charge is 0.158 e. The first-order valence-corrected chi connectivity index (χ1v) is 8.02. The first-order valence-electron chi connectivity index (χ1n) is 8.02. The van der Waals surface area contributed by atoms with Crippen LogP contribution >= 0.6 is 0 Å². The van der Waals surface area contributed by atoms with Crippen LogP contribution in [0.2, 0.25) is 0 Å². The van der Waals surface area contributed by atoms with Gasteiger partial charge < -0.3 is 9.80 Å². The normalized spacial score (nSPS) is 14.4. The minimum absolute atomic E-state index is 0.610. The number of pyridine rings is 1. The van der Waals surface area contributed by atoms with E-state index < -0.39 is 0 Å². The summed E-state index contributed by atoms with van der Waals surface area (Å²) in [7, 11) is 0. The molecule has 8 nitrogen and oxygen atoms in total. The van der Waals surface area contributed by atoms with E-state index in [9.17, 15) is 5.26 Å². The topological polar surface area (TPSA) is 86.8 Å². The highest BCUT2D eigenvalue weighted by Crippen LogP contribution is 2.21. The van der Waals surface area contributed by atoms with Gasteiger partial charge in [-0.3, -0.25) is 0 Å². The van der Waals surface area contributed by atoms with Crippen molar-refractivity contribution in [2.45, 2.75) is 0 Å². The molecule has 1 saturated heterocycles. The van der Waals surface area contributed by atoms with Crippen LogP contribution in [-0.4, -0.2) is 50.9 Å². The minimum Gasteiger partial charge on any atom is -0.353 e. The van der Waals surface area contributed by atoms with E-state index in [1.165, 1.54) is 0 Å². The summed E-state index contributed by atoms with van der Waals surface area (Å²) in [6, 6.07) is 9.60. The molecule has 0 spiro atoms. The minimum atomic E-state index is 0.610. The molecule has 1 aliphatic heterocycles. The average Bonchev–Trinajstić information content (AvgIpc) is 3.23. The van der Waals surface area contributed by atoms with Crippen LogP contribution in [0.5, 0.6) is 0 Å². The number of hydrogen-bond acceptors (Lipinski definition) is 7. The zero-order valence-corrected chi connectivity index (χ0v) is 13.5. The van der Waals surface area contributed by atoms with Gasteiger partial charge in [0.25, 0.3) is 0 Å². The summed E-state index contributed by atoms with van der Waals surface area (Å²) >= 11 is 0. The molecular formula is C17H16N8. The first-order chi connectivity index (χ1) is 12.3. The van der Waals surface area contributed by atoms with Crippen LogP contribution in [0.15, 0.2) is 49.2 Å². The molecule has 0 N–H and O–H groups in total. The molecule has 3 aromatic rings. The fraction of sp³-hybridized carbons (Fsp3) is 0.235. The van der Waals surface area contributed by atoms with Crippen LogP contribution in [0.3, 0.4) is 0 Å². The van der Waals surface area contributed by atoms with Gasteiger partial charge in [-0.05, 0) is 18.2 Å². The van der Waals surface area contributed by atoms with Gasteiger partial charge in [0.05, 0.1) is 5.56 Å². The highest BCUT2D eigenvalue weighted by atomic mass is 15.3. The van der Waals surface area contributed by atoms with Crippen LogP contribution in [0.1, 0.15) is 5.56 Å². The molecule has 4 rings (SSSR count). The maximum atomic E-state index is 9.25. The molecule has 3 aromatic heterocycles. The molecule has 0 radical (unpaired) electrons. The molecule has 0 bridgehead atoms. The van der Waals surface area contributed by atoms with Crippen LogP contribution in [0.4, 0.5) is 11.6 Å². The van der Waals surface area contributed by atoms with Crippen molar-refractivity contribution in [2.24, 2.45) is 0 Å². The Morgan fingerprint density at radius 2 is 1.72 bits per heavy atom. The van der Waals surface area contributed by atoms with Crippen LogP contribution in [0, 0.1) is 11.3 Å². The third-order valence-corrected chi connectivity index (χ3v) is 4.19. The van der Waals surface area contributed by atoms with E-state index in [1.54, 1.807) is 35.5 Å². The number of nitriles is 1. The number of nitrogens with zero attached hydrogens (tertiary/aromatic N) is 8. The third-order valence-electron chi connectivity index (χ3n) is 4.19. The van der Waals surface area contributed by atoms with Crippen molar-refractivity contribution in [3.05, 3.63) is 54.7 Å². The summed E-state index contributed by atoms with van der Waals surface area (Å²) in [6.07, 6.45) is 6.86. The highest BCUT2D eigenvalue weighted by Gasteiger charge is 2.21. The third kappa shape index (κ3) is 2.99. The Bertz CT molecular complexity index is 891. The zero-order valence-electron chi connectivity index (χ0n) is 13.5. The van der Waals surface area contributed by atoms with Gasteiger partial charge in [-0.25, -0.2) is 19.6 Å². The molecule has 1 aliphatic rings. The summed E-state index contributed by atoms with van der Waals surface area (Å²) in [6.45, 7) is 3.17. The quantitative estimate of drug-likeness (QED) is 0.713. The number of anilines is 2. The van der Waals surface area contributed by atoms with E-state index in [-0.39, 0.29) is 0 Å². The Morgan fingerprint density at radius 1 is 0.920 bits per heavy atom. The predicted molar refractivity (Wildman–Crippen MR) is 92.5 cm³/mol. The number of hydrogen-bond donors (Lipinski definition) is 0. The van der Waals surface area contributed by atoms with Crippen molar-refractivity contribution in [1.29, 1.82) is 5.26 Å². The lowest BCUT2D eigenvalue weighted by Gasteiger charge is -2.36. The fourth-order valence-electron chi connectivity index (χ4n) is 2.92. The molecule has 4 heterocycles. The van der Waals surface area contributed by atoms with Gasteiger partial charge >= 0.3 is 0 Å². The van der Waals surface area contributed by atoms with Crippen molar-refractivity contribution in [3.63, 3.8) is 0 Å². The van der Waals surface area contributed by atoms with Crippen molar-refractivity contribution < 1.29 is 0 Å². The Hall–Kier alpha value is -3.47. The lowest BCUT2D eigenvalue weighted by molar-refractivity contribution is 0.639. The van der Waals surface area contributed by atoms with Gasteiger partial charge in [0.1, 0.15) is 24.0 Å². The van der Waals surface area contributed by atoms with Crippen LogP contribution < -0.4 is 9.80 Å². The van der Waals surface area contributed by atoms with E-state index >= 15 is 0 Å². The molecule has 0 saturated carbocycles. The molecule has 0 aromatic carbocycles. The fourth-order valence-corrected chi connectivity index (χ4v) is 2.92. The van der Waals surface area contributed by atoms with Crippen molar-refractivity contribution in [2.75, 3.05) is 36.0 Å². The molecule has 1 fully saturated rings. The largest absolute Gasteiger partial charge is 0.353 e. The molecule has 8 heteroatoms. The number of aromatic nitrogens is 5. The van der Waals surface area contributed by atoms with Gasteiger partial charge in [-0.2, -0.15) is 10.4 Å². The van der Waals surface area contributed by atoms with E-state index in [2.05, 4.69) is 35.9 Å². The van der Waals surface area contributed by atoms with Gasteiger partial charge in [-0.1, -0.05) is 0 Å². The van der Waals surface area contributed by atoms with Gasteiger partial charge in [0.2, 0.25) is 0 Å². The van der Waals surface area contributed by atoms with Gasteiger partial charge in [0, 0.05) is 50.8 Å². The number of rotatable bonds is 3. The highest BCUT2D eigenvalue weighted by molar-refractivity contribution is 5.55. The lowest BCUT2D eigenvalue weighted by Crippen LogP contribution is -2.47.